The van der Waals surface area contributed by atoms with E-state index in [1.807, 2.05) is 36.4 Å². The number of hydrogen-bond donors (Lipinski definition) is 2. The van der Waals surface area contributed by atoms with Crippen LogP contribution in [0.4, 0.5) is 11.4 Å². The molecule has 0 heterocycles. The molecule has 1 amide bonds. The molecule has 0 atom stereocenters. The summed E-state index contributed by atoms with van der Waals surface area (Å²) in [5, 5.41) is 6.32. The van der Waals surface area contributed by atoms with E-state index < -0.39 is 0 Å². The Hall–Kier alpha value is -2.29. The number of aryl methyl sites for hydroxylation is 1. The Labute approximate surface area is 132 Å². The zero-order valence-corrected chi connectivity index (χ0v) is 13.5. The fraction of sp³-hybridized carbons (Fsp3) is 0.316. The van der Waals surface area contributed by atoms with Crippen LogP contribution in [0.5, 0.6) is 0 Å². The third-order valence-electron chi connectivity index (χ3n) is 3.67. The quantitative estimate of drug-likeness (QED) is 0.820. The van der Waals surface area contributed by atoms with E-state index in [0.717, 1.165) is 11.4 Å². The smallest absolute Gasteiger partial charge is 0.226 e. The average Bonchev–Trinajstić information content (AvgIpc) is 2.49. The first-order chi connectivity index (χ1) is 10.6. The van der Waals surface area contributed by atoms with E-state index >= 15 is 0 Å². The SMILES string of the molecule is Cc1ccccc1NCCC(=O)Nc1ccccc1C(C)C. The van der Waals surface area contributed by atoms with Crippen molar-refractivity contribution in [2.24, 2.45) is 0 Å². The molecule has 0 spiro atoms. The lowest BCUT2D eigenvalue weighted by atomic mass is 10.0. The summed E-state index contributed by atoms with van der Waals surface area (Å²) < 4.78 is 0. The molecule has 0 aromatic heterocycles. The monoisotopic (exact) mass is 296 g/mol. The van der Waals surface area contributed by atoms with Gasteiger partial charge in [0.05, 0.1) is 0 Å². The molecule has 0 fully saturated rings. The predicted molar refractivity (Wildman–Crippen MR) is 93.4 cm³/mol. The van der Waals surface area contributed by atoms with Gasteiger partial charge in [0.15, 0.2) is 0 Å². The van der Waals surface area contributed by atoms with Gasteiger partial charge < -0.3 is 10.6 Å². The van der Waals surface area contributed by atoms with Crippen LogP contribution in [0.1, 0.15) is 37.3 Å². The predicted octanol–water partition coefficient (Wildman–Crippen LogP) is 4.56. The highest BCUT2D eigenvalue weighted by molar-refractivity contribution is 5.91. The molecule has 0 aliphatic heterocycles. The van der Waals surface area contributed by atoms with Crippen LogP contribution < -0.4 is 10.6 Å². The molecule has 0 saturated heterocycles. The van der Waals surface area contributed by atoms with E-state index in [9.17, 15) is 4.79 Å². The van der Waals surface area contributed by atoms with Gasteiger partial charge in [-0.3, -0.25) is 4.79 Å². The maximum absolute atomic E-state index is 12.1. The molecule has 0 radical (unpaired) electrons. The van der Waals surface area contributed by atoms with E-state index in [2.05, 4.69) is 43.5 Å². The number of carbonyl (C=O) groups is 1. The van der Waals surface area contributed by atoms with Crippen molar-refractivity contribution in [1.29, 1.82) is 0 Å². The van der Waals surface area contributed by atoms with Crippen molar-refractivity contribution < 1.29 is 4.79 Å². The summed E-state index contributed by atoms with van der Waals surface area (Å²) in [6, 6.07) is 16.1. The van der Waals surface area contributed by atoms with Crippen LogP contribution in [-0.4, -0.2) is 12.5 Å². The van der Waals surface area contributed by atoms with Crippen LogP contribution in [0.3, 0.4) is 0 Å². The van der Waals surface area contributed by atoms with Crippen molar-refractivity contribution in [2.75, 3.05) is 17.2 Å². The molecule has 2 aromatic rings. The molecule has 2 rings (SSSR count). The van der Waals surface area contributed by atoms with Gasteiger partial charge in [0.1, 0.15) is 0 Å². The van der Waals surface area contributed by atoms with Gasteiger partial charge in [-0.05, 0) is 36.1 Å². The highest BCUT2D eigenvalue weighted by atomic mass is 16.1. The number of rotatable bonds is 6. The highest BCUT2D eigenvalue weighted by Crippen LogP contribution is 2.23. The molecule has 0 saturated carbocycles. The van der Waals surface area contributed by atoms with E-state index in [1.165, 1.54) is 11.1 Å². The molecule has 2 N–H and O–H groups in total. The van der Waals surface area contributed by atoms with Gasteiger partial charge in [-0.1, -0.05) is 50.2 Å². The highest BCUT2D eigenvalue weighted by Gasteiger charge is 2.09. The fourth-order valence-corrected chi connectivity index (χ4v) is 2.41. The van der Waals surface area contributed by atoms with Crippen molar-refractivity contribution in [1.82, 2.24) is 0 Å². The standard InChI is InChI=1S/C19H24N2O/c1-14(2)16-9-5-7-11-18(16)21-19(22)12-13-20-17-10-6-4-8-15(17)3/h4-11,14,20H,12-13H2,1-3H3,(H,21,22). The van der Waals surface area contributed by atoms with Gasteiger partial charge in [-0.15, -0.1) is 0 Å². The van der Waals surface area contributed by atoms with Crippen molar-refractivity contribution >= 4 is 17.3 Å². The van der Waals surface area contributed by atoms with Crippen molar-refractivity contribution in [3.63, 3.8) is 0 Å². The van der Waals surface area contributed by atoms with E-state index in [1.54, 1.807) is 0 Å². The Morgan fingerprint density at radius 2 is 1.64 bits per heavy atom. The Bertz CT molecular complexity index is 635. The molecular weight excluding hydrogens is 272 g/mol. The summed E-state index contributed by atoms with van der Waals surface area (Å²) >= 11 is 0. The van der Waals surface area contributed by atoms with Gasteiger partial charge in [-0.2, -0.15) is 0 Å². The molecule has 22 heavy (non-hydrogen) atoms. The van der Waals surface area contributed by atoms with Gasteiger partial charge in [-0.25, -0.2) is 0 Å². The van der Waals surface area contributed by atoms with Crippen LogP contribution in [0, 0.1) is 6.92 Å². The average molecular weight is 296 g/mol. The third-order valence-corrected chi connectivity index (χ3v) is 3.67. The van der Waals surface area contributed by atoms with Gasteiger partial charge in [0.25, 0.3) is 0 Å². The van der Waals surface area contributed by atoms with Crippen molar-refractivity contribution in [3.8, 4) is 0 Å². The lowest BCUT2D eigenvalue weighted by molar-refractivity contribution is -0.115. The zero-order chi connectivity index (χ0) is 15.9. The maximum atomic E-state index is 12.1. The Balaban J connectivity index is 1.88. The second-order valence-corrected chi connectivity index (χ2v) is 5.78. The topological polar surface area (TPSA) is 41.1 Å². The summed E-state index contributed by atoms with van der Waals surface area (Å²) in [7, 11) is 0. The number of nitrogens with one attached hydrogen (secondary N) is 2. The van der Waals surface area contributed by atoms with Crippen LogP contribution in [-0.2, 0) is 4.79 Å². The first-order valence-electron chi connectivity index (χ1n) is 7.76. The Kier molecular flexibility index (Phi) is 5.59. The van der Waals surface area contributed by atoms with Crippen LogP contribution in [0.25, 0.3) is 0 Å². The summed E-state index contributed by atoms with van der Waals surface area (Å²) in [6.07, 6.45) is 0.445. The Morgan fingerprint density at radius 1 is 1.00 bits per heavy atom. The minimum absolute atomic E-state index is 0.0363. The second kappa shape index (κ2) is 7.64. The number of benzene rings is 2. The van der Waals surface area contributed by atoms with E-state index in [-0.39, 0.29) is 5.91 Å². The van der Waals surface area contributed by atoms with Gasteiger partial charge >= 0.3 is 0 Å². The molecule has 3 nitrogen and oxygen atoms in total. The maximum Gasteiger partial charge on any atom is 0.226 e. The molecule has 2 aromatic carbocycles. The normalized spacial score (nSPS) is 10.5. The molecule has 116 valence electrons. The minimum Gasteiger partial charge on any atom is -0.384 e. The van der Waals surface area contributed by atoms with Crippen LogP contribution >= 0.6 is 0 Å². The number of hydrogen-bond acceptors (Lipinski definition) is 2. The molecule has 0 unspecified atom stereocenters. The number of carbonyl (C=O) groups excluding carboxylic acids is 1. The first kappa shape index (κ1) is 16.1. The minimum atomic E-state index is 0.0363. The molecule has 0 aliphatic carbocycles. The van der Waals surface area contributed by atoms with E-state index in [0.29, 0.717) is 18.9 Å². The van der Waals surface area contributed by atoms with Gasteiger partial charge in [0, 0.05) is 24.3 Å². The van der Waals surface area contributed by atoms with Crippen molar-refractivity contribution in [2.45, 2.75) is 33.1 Å². The molecule has 3 heteroatoms. The van der Waals surface area contributed by atoms with Crippen LogP contribution in [0.2, 0.25) is 0 Å². The molecule has 0 aliphatic rings. The summed E-state index contributed by atoms with van der Waals surface area (Å²) in [4.78, 5) is 12.1. The summed E-state index contributed by atoms with van der Waals surface area (Å²) in [5.41, 5.74) is 4.35. The number of anilines is 2. The Morgan fingerprint density at radius 3 is 2.32 bits per heavy atom. The van der Waals surface area contributed by atoms with Gasteiger partial charge in [0.2, 0.25) is 5.91 Å². The van der Waals surface area contributed by atoms with Crippen molar-refractivity contribution in [3.05, 3.63) is 59.7 Å². The summed E-state index contributed by atoms with van der Waals surface area (Å²) in [6.45, 7) is 6.94. The zero-order valence-electron chi connectivity index (χ0n) is 13.5. The summed E-state index contributed by atoms with van der Waals surface area (Å²) in [5.74, 6) is 0.427. The lowest BCUT2D eigenvalue weighted by Gasteiger charge is -2.14. The van der Waals surface area contributed by atoms with Crippen LogP contribution in [0.15, 0.2) is 48.5 Å². The number of amides is 1. The second-order valence-electron chi connectivity index (χ2n) is 5.78. The van der Waals surface area contributed by atoms with E-state index in [4.69, 9.17) is 0 Å². The largest absolute Gasteiger partial charge is 0.384 e. The molecule has 0 bridgehead atoms. The lowest BCUT2D eigenvalue weighted by Crippen LogP contribution is -2.17. The fourth-order valence-electron chi connectivity index (χ4n) is 2.41. The first-order valence-corrected chi connectivity index (χ1v) is 7.76. The third kappa shape index (κ3) is 4.35. The number of para-hydroxylation sites is 2. The molecular formula is C19H24N2O.